The molecule has 9 nitrogen and oxygen atoms in total. The van der Waals surface area contributed by atoms with Crippen LogP contribution in [0.4, 0.5) is 29.7 Å². The number of hydrogen-bond acceptors (Lipinski definition) is 6. The van der Waals surface area contributed by atoms with E-state index in [0.717, 1.165) is 67.3 Å². The second kappa shape index (κ2) is 11.2. The Bertz CT molecular complexity index is 1230. The minimum atomic E-state index is -1.15. The highest BCUT2D eigenvalue weighted by atomic mass is 32.2. The third-order valence-electron chi connectivity index (χ3n) is 7.45. The van der Waals surface area contributed by atoms with Gasteiger partial charge in [-0.3, -0.25) is 4.90 Å². The maximum Gasteiger partial charge on any atom is 0.418 e. The predicted molar refractivity (Wildman–Crippen MR) is 140 cm³/mol. The van der Waals surface area contributed by atoms with Crippen molar-refractivity contribution in [3.8, 4) is 0 Å². The van der Waals surface area contributed by atoms with Crippen LogP contribution in [0.3, 0.4) is 0 Å². The van der Waals surface area contributed by atoms with Gasteiger partial charge < -0.3 is 19.7 Å². The van der Waals surface area contributed by atoms with E-state index in [1.165, 1.54) is 6.07 Å². The van der Waals surface area contributed by atoms with Crippen LogP contribution in [0.15, 0.2) is 42.5 Å². The molecule has 38 heavy (non-hydrogen) atoms. The van der Waals surface area contributed by atoms with Crippen molar-refractivity contribution in [2.24, 2.45) is 0 Å². The standard InChI is InChI=1S/C26H31F2N5O4S/c1-38(36)30-22-4-2-3-5-23(22)31-12-9-19(10-13-31)32-11-8-18(15-32)29-25(34)33-24(16-37-26(33)35)17-6-7-20(27)21(28)14-17/h2-7,14,18-19,24,30H,8-13,15-16H2,1H3,(H,29,34)/t18-,24-,38?/m1/s1. The summed E-state index contributed by atoms with van der Waals surface area (Å²) in [5, 5.41) is 2.94. The molecule has 2 N–H and O–H groups in total. The van der Waals surface area contributed by atoms with Crippen LogP contribution in [0, 0.1) is 11.6 Å². The quantitative estimate of drug-likeness (QED) is 0.574. The van der Waals surface area contributed by atoms with E-state index in [2.05, 4.69) is 19.8 Å². The molecule has 3 fully saturated rings. The maximum atomic E-state index is 13.8. The summed E-state index contributed by atoms with van der Waals surface area (Å²) in [6, 6.07) is 10.0. The molecule has 3 amide bonds. The second-order valence-corrected chi connectivity index (χ2v) is 11.0. The number of ether oxygens (including phenoxy) is 1. The zero-order chi connectivity index (χ0) is 26.8. The highest BCUT2D eigenvalue weighted by Gasteiger charge is 2.41. The average Bonchev–Trinajstić information content (AvgIpc) is 3.52. The fraction of sp³-hybridized carbons (Fsp3) is 0.462. The molecule has 5 rings (SSSR count). The Kier molecular flexibility index (Phi) is 7.80. The smallest absolute Gasteiger partial charge is 0.418 e. The molecule has 3 aliphatic rings. The van der Waals surface area contributed by atoms with Gasteiger partial charge in [0.05, 0.1) is 11.4 Å². The van der Waals surface area contributed by atoms with Crippen molar-refractivity contribution in [2.75, 3.05) is 48.7 Å². The van der Waals surface area contributed by atoms with Gasteiger partial charge in [0.1, 0.15) is 23.6 Å². The molecule has 0 aliphatic carbocycles. The molecule has 3 saturated heterocycles. The van der Waals surface area contributed by atoms with E-state index in [0.29, 0.717) is 18.2 Å². The summed E-state index contributed by atoms with van der Waals surface area (Å²) in [6.07, 6.45) is 3.48. The molecule has 12 heteroatoms. The van der Waals surface area contributed by atoms with E-state index in [4.69, 9.17) is 4.74 Å². The number of benzene rings is 2. The molecule has 3 heterocycles. The monoisotopic (exact) mass is 547 g/mol. The Hall–Kier alpha value is -3.25. The topological polar surface area (TPSA) is 94.2 Å². The van der Waals surface area contributed by atoms with Crippen LogP contribution in [0.5, 0.6) is 0 Å². The van der Waals surface area contributed by atoms with E-state index >= 15 is 0 Å². The number of halogens is 2. The Morgan fingerprint density at radius 3 is 2.55 bits per heavy atom. The Morgan fingerprint density at radius 1 is 1.05 bits per heavy atom. The van der Waals surface area contributed by atoms with Crippen molar-refractivity contribution in [1.29, 1.82) is 0 Å². The number of rotatable bonds is 6. The van der Waals surface area contributed by atoms with E-state index in [1.54, 1.807) is 6.26 Å². The number of cyclic esters (lactones) is 1. The number of nitrogens with zero attached hydrogens (tertiary/aromatic N) is 3. The zero-order valence-electron chi connectivity index (χ0n) is 21.1. The lowest BCUT2D eigenvalue weighted by Crippen LogP contribution is -2.48. The fourth-order valence-electron chi connectivity index (χ4n) is 5.55. The fourth-order valence-corrected chi connectivity index (χ4v) is 6.04. The van der Waals surface area contributed by atoms with Gasteiger partial charge in [-0.25, -0.2) is 27.5 Å². The van der Waals surface area contributed by atoms with Crippen molar-refractivity contribution in [3.63, 3.8) is 0 Å². The zero-order valence-corrected chi connectivity index (χ0v) is 21.9. The van der Waals surface area contributed by atoms with Gasteiger partial charge in [-0.05, 0) is 49.1 Å². The number of piperidine rings is 1. The molecular weight excluding hydrogens is 516 g/mol. The van der Waals surface area contributed by atoms with Gasteiger partial charge in [-0.15, -0.1) is 0 Å². The molecule has 1 unspecified atom stereocenters. The van der Waals surface area contributed by atoms with Crippen LogP contribution >= 0.6 is 0 Å². The molecular formula is C26H31F2N5O4S. The summed E-state index contributed by atoms with van der Waals surface area (Å²) in [4.78, 5) is 31.0. The number of amides is 3. The number of carbonyl (C=O) groups is 2. The van der Waals surface area contributed by atoms with E-state index < -0.39 is 40.8 Å². The first-order valence-electron chi connectivity index (χ1n) is 12.7. The van der Waals surface area contributed by atoms with Crippen LogP contribution in [-0.2, 0) is 15.7 Å². The summed E-state index contributed by atoms with van der Waals surface area (Å²) < 4.78 is 46.9. The highest BCUT2D eigenvalue weighted by molar-refractivity contribution is 7.85. The number of para-hydroxylation sites is 2. The van der Waals surface area contributed by atoms with Crippen LogP contribution in [-0.4, -0.2) is 77.3 Å². The number of nitrogens with one attached hydrogen (secondary N) is 2. The summed E-state index contributed by atoms with van der Waals surface area (Å²) in [5.74, 6) is -2.04. The number of carbonyl (C=O) groups excluding carboxylic acids is 2. The van der Waals surface area contributed by atoms with Gasteiger partial charge in [0.15, 0.2) is 11.6 Å². The molecule has 0 aromatic heterocycles. The summed E-state index contributed by atoms with van der Waals surface area (Å²) in [7, 11) is -1.15. The molecule has 2 aromatic rings. The predicted octanol–water partition coefficient (Wildman–Crippen LogP) is 3.62. The Morgan fingerprint density at radius 2 is 1.82 bits per heavy atom. The molecule has 0 bridgehead atoms. The van der Waals surface area contributed by atoms with Crippen molar-refractivity contribution in [2.45, 2.75) is 37.4 Å². The first-order chi connectivity index (χ1) is 18.3. The number of imide groups is 1. The van der Waals surface area contributed by atoms with E-state index in [-0.39, 0.29) is 12.6 Å². The lowest BCUT2D eigenvalue weighted by atomic mass is 10.0. The molecule has 3 aliphatic heterocycles. The van der Waals surface area contributed by atoms with Gasteiger partial charge >= 0.3 is 12.1 Å². The molecule has 0 saturated carbocycles. The summed E-state index contributed by atoms with van der Waals surface area (Å²) in [6.45, 7) is 3.12. The first kappa shape index (κ1) is 26.4. The number of urea groups is 1. The van der Waals surface area contributed by atoms with Crippen molar-refractivity contribution in [1.82, 2.24) is 15.1 Å². The van der Waals surface area contributed by atoms with Crippen LogP contribution < -0.4 is 14.9 Å². The largest absolute Gasteiger partial charge is 0.446 e. The minimum Gasteiger partial charge on any atom is -0.446 e. The Labute approximate surface area is 222 Å². The first-order valence-corrected chi connectivity index (χ1v) is 14.3. The van der Waals surface area contributed by atoms with Gasteiger partial charge in [0, 0.05) is 44.5 Å². The van der Waals surface area contributed by atoms with Crippen molar-refractivity contribution < 1.29 is 27.3 Å². The van der Waals surface area contributed by atoms with Crippen molar-refractivity contribution >= 4 is 34.5 Å². The Balaban J connectivity index is 1.15. The molecule has 3 atom stereocenters. The SMILES string of the molecule is CS(=O)Nc1ccccc1N1CCC(N2CC[C@@H](NC(=O)N3C(=O)OC[C@@H]3c3ccc(F)c(F)c3)C2)CC1. The number of anilines is 2. The second-order valence-electron chi connectivity index (χ2n) is 9.86. The minimum absolute atomic E-state index is 0.112. The molecule has 204 valence electrons. The molecule has 2 aromatic carbocycles. The summed E-state index contributed by atoms with van der Waals surface area (Å²) in [5.41, 5.74) is 2.20. The van der Waals surface area contributed by atoms with E-state index in [1.807, 2.05) is 24.3 Å². The van der Waals surface area contributed by atoms with Crippen molar-refractivity contribution in [3.05, 3.63) is 59.7 Å². The third-order valence-corrected chi connectivity index (χ3v) is 7.95. The lowest BCUT2D eigenvalue weighted by Gasteiger charge is -2.38. The van der Waals surface area contributed by atoms with Crippen LogP contribution in [0.2, 0.25) is 0 Å². The number of likely N-dealkylation sites (tertiary alicyclic amines) is 1. The van der Waals surface area contributed by atoms with Crippen LogP contribution in [0.1, 0.15) is 30.9 Å². The van der Waals surface area contributed by atoms with Gasteiger partial charge in [0.25, 0.3) is 0 Å². The lowest BCUT2D eigenvalue weighted by molar-refractivity contribution is 0.156. The third kappa shape index (κ3) is 5.60. The molecule has 0 radical (unpaired) electrons. The number of hydrogen-bond donors (Lipinski definition) is 2. The van der Waals surface area contributed by atoms with Gasteiger partial charge in [-0.2, -0.15) is 0 Å². The highest BCUT2D eigenvalue weighted by Crippen LogP contribution is 2.32. The normalized spacial score (nSPS) is 23.4. The average molecular weight is 548 g/mol. The van der Waals surface area contributed by atoms with Gasteiger partial charge in [-0.1, -0.05) is 18.2 Å². The van der Waals surface area contributed by atoms with Gasteiger partial charge in [0.2, 0.25) is 0 Å². The van der Waals surface area contributed by atoms with E-state index in [9.17, 15) is 22.6 Å². The summed E-state index contributed by atoms with van der Waals surface area (Å²) >= 11 is 0. The molecule has 0 spiro atoms. The maximum absolute atomic E-state index is 13.8. The van der Waals surface area contributed by atoms with Crippen LogP contribution in [0.25, 0.3) is 0 Å².